The molecule has 3 rings (SSSR count). The number of amides is 3. The van der Waals surface area contributed by atoms with Crippen LogP contribution in [0, 0.1) is 5.92 Å². The number of carbonyl (C=O) groups is 2. The van der Waals surface area contributed by atoms with Crippen LogP contribution in [0.15, 0.2) is 0 Å². The molecule has 1 atom stereocenters. The van der Waals surface area contributed by atoms with E-state index in [2.05, 4.69) is 10.6 Å². The van der Waals surface area contributed by atoms with E-state index in [1.807, 2.05) is 4.90 Å². The Hall–Kier alpha value is -1.26. The van der Waals surface area contributed by atoms with Gasteiger partial charge in [-0.3, -0.25) is 4.79 Å². The summed E-state index contributed by atoms with van der Waals surface area (Å²) in [6.45, 7) is 1.36. The first-order valence-corrected chi connectivity index (χ1v) is 8.58. The molecule has 3 aliphatic rings. The van der Waals surface area contributed by atoms with Crippen molar-refractivity contribution in [2.45, 2.75) is 69.9 Å². The highest BCUT2D eigenvalue weighted by Gasteiger charge is 2.32. The topological polar surface area (TPSA) is 61.4 Å². The molecule has 21 heavy (non-hydrogen) atoms. The third kappa shape index (κ3) is 4.11. The molecule has 0 aromatic heterocycles. The average molecular weight is 293 g/mol. The summed E-state index contributed by atoms with van der Waals surface area (Å²) < 4.78 is 0. The van der Waals surface area contributed by atoms with Crippen molar-refractivity contribution in [2.24, 2.45) is 5.92 Å². The smallest absolute Gasteiger partial charge is 0.317 e. The molecular formula is C16H27N3O2. The third-order valence-corrected chi connectivity index (χ3v) is 4.94. The van der Waals surface area contributed by atoms with Crippen molar-refractivity contribution in [2.75, 3.05) is 13.1 Å². The summed E-state index contributed by atoms with van der Waals surface area (Å²) in [5, 5.41) is 6.22. The van der Waals surface area contributed by atoms with E-state index in [1.165, 1.54) is 19.3 Å². The average Bonchev–Trinajstić information content (AvgIpc) is 3.32. The van der Waals surface area contributed by atoms with Crippen LogP contribution in [0.5, 0.6) is 0 Å². The van der Waals surface area contributed by atoms with E-state index < -0.39 is 0 Å². The lowest BCUT2D eigenvalue weighted by atomic mass is 9.93. The predicted octanol–water partition coefficient (Wildman–Crippen LogP) is 2.02. The first-order chi connectivity index (χ1) is 10.2. The first kappa shape index (κ1) is 14.7. The number of nitrogens with zero attached hydrogens (tertiary/aromatic N) is 1. The van der Waals surface area contributed by atoms with Crippen molar-refractivity contribution >= 4 is 11.9 Å². The fourth-order valence-electron chi connectivity index (χ4n) is 3.44. The second-order valence-corrected chi connectivity index (χ2v) is 6.85. The van der Waals surface area contributed by atoms with Crippen LogP contribution in [-0.4, -0.2) is 42.0 Å². The summed E-state index contributed by atoms with van der Waals surface area (Å²) in [5.41, 5.74) is 0. The molecule has 2 N–H and O–H groups in total. The van der Waals surface area contributed by atoms with Crippen molar-refractivity contribution in [3.63, 3.8) is 0 Å². The molecule has 1 heterocycles. The van der Waals surface area contributed by atoms with Gasteiger partial charge in [-0.25, -0.2) is 4.79 Å². The van der Waals surface area contributed by atoms with Crippen LogP contribution in [0.25, 0.3) is 0 Å². The van der Waals surface area contributed by atoms with E-state index in [9.17, 15) is 9.59 Å². The first-order valence-electron chi connectivity index (χ1n) is 8.58. The molecule has 1 aliphatic heterocycles. The molecule has 3 fully saturated rings. The lowest BCUT2D eigenvalue weighted by Crippen LogP contribution is -2.50. The Morgan fingerprint density at radius 2 is 1.52 bits per heavy atom. The zero-order valence-electron chi connectivity index (χ0n) is 12.8. The van der Waals surface area contributed by atoms with Crippen LogP contribution < -0.4 is 10.6 Å². The number of hydrogen-bond acceptors (Lipinski definition) is 2. The summed E-state index contributed by atoms with van der Waals surface area (Å²) in [6.07, 6.45) is 10.0. The van der Waals surface area contributed by atoms with E-state index in [0.29, 0.717) is 18.6 Å². The van der Waals surface area contributed by atoms with E-state index in [4.69, 9.17) is 0 Å². The zero-order valence-corrected chi connectivity index (χ0v) is 12.8. The van der Waals surface area contributed by atoms with Crippen LogP contribution in [0.1, 0.15) is 57.8 Å². The Labute approximate surface area is 126 Å². The van der Waals surface area contributed by atoms with Crippen LogP contribution >= 0.6 is 0 Å². The van der Waals surface area contributed by atoms with Crippen LogP contribution in [-0.2, 0) is 4.79 Å². The molecule has 5 heteroatoms. The number of urea groups is 1. The maximum atomic E-state index is 12.4. The maximum Gasteiger partial charge on any atom is 0.317 e. The quantitative estimate of drug-likeness (QED) is 0.836. The van der Waals surface area contributed by atoms with Crippen molar-refractivity contribution in [1.29, 1.82) is 0 Å². The molecule has 0 aromatic rings. The Morgan fingerprint density at radius 1 is 0.810 bits per heavy atom. The summed E-state index contributed by atoms with van der Waals surface area (Å²) in [4.78, 5) is 26.3. The second kappa shape index (κ2) is 6.67. The molecule has 0 spiro atoms. The van der Waals surface area contributed by atoms with Gasteiger partial charge < -0.3 is 15.5 Å². The Bertz CT molecular complexity index is 389. The van der Waals surface area contributed by atoms with Gasteiger partial charge in [0.05, 0.1) is 5.92 Å². The van der Waals surface area contributed by atoms with E-state index >= 15 is 0 Å². The lowest BCUT2D eigenvalue weighted by Gasteiger charge is -2.33. The van der Waals surface area contributed by atoms with Crippen molar-refractivity contribution in [3.8, 4) is 0 Å². The van der Waals surface area contributed by atoms with Gasteiger partial charge in [-0.05, 0) is 38.5 Å². The SMILES string of the molecule is O=C(NC1CCCCC1)C1CCCN(C(=O)NC2CC2)C1. The van der Waals surface area contributed by atoms with Gasteiger partial charge in [0.2, 0.25) is 5.91 Å². The van der Waals surface area contributed by atoms with Gasteiger partial charge in [0.25, 0.3) is 0 Å². The number of rotatable bonds is 3. The molecule has 0 radical (unpaired) electrons. The Morgan fingerprint density at radius 3 is 2.24 bits per heavy atom. The monoisotopic (exact) mass is 293 g/mol. The Kier molecular flexibility index (Phi) is 4.66. The molecule has 1 saturated heterocycles. The molecule has 118 valence electrons. The van der Waals surface area contributed by atoms with Gasteiger partial charge in [-0.15, -0.1) is 0 Å². The number of piperidine rings is 1. The molecule has 0 aromatic carbocycles. The minimum Gasteiger partial charge on any atom is -0.353 e. The molecule has 2 saturated carbocycles. The minimum absolute atomic E-state index is 0.0210. The highest BCUT2D eigenvalue weighted by Crippen LogP contribution is 2.22. The fourth-order valence-corrected chi connectivity index (χ4v) is 3.44. The summed E-state index contributed by atoms with van der Waals surface area (Å²) in [5.74, 6) is 0.136. The van der Waals surface area contributed by atoms with Crippen molar-refractivity contribution in [1.82, 2.24) is 15.5 Å². The maximum absolute atomic E-state index is 12.4. The molecule has 0 bridgehead atoms. The van der Waals surface area contributed by atoms with Gasteiger partial charge in [-0.1, -0.05) is 19.3 Å². The summed E-state index contributed by atoms with van der Waals surface area (Å²) >= 11 is 0. The zero-order chi connectivity index (χ0) is 14.7. The summed E-state index contributed by atoms with van der Waals surface area (Å²) in [6, 6.07) is 0.767. The largest absolute Gasteiger partial charge is 0.353 e. The van der Waals surface area contributed by atoms with E-state index in [0.717, 1.165) is 45.1 Å². The number of carbonyl (C=O) groups excluding carboxylic acids is 2. The number of likely N-dealkylation sites (tertiary alicyclic amines) is 1. The Balaban J connectivity index is 1.47. The fraction of sp³-hybridized carbons (Fsp3) is 0.875. The normalized spacial score (nSPS) is 27.2. The van der Waals surface area contributed by atoms with Gasteiger partial charge in [0.15, 0.2) is 0 Å². The van der Waals surface area contributed by atoms with Crippen LogP contribution in [0.2, 0.25) is 0 Å². The molecule has 5 nitrogen and oxygen atoms in total. The number of hydrogen-bond donors (Lipinski definition) is 2. The third-order valence-electron chi connectivity index (χ3n) is 4.94. The number of nitrogens with one attached hydrogen (secondary N) is 2. The molecular weight excluding hydrogens is 266 g/mol. The predicted molar refractivity (Wildman–Crippen MR) is 80.9 cm³/mol. The van der Waals surface area contributed by atoms with Gasteiger partial charge in [0, 0.05) is 25.2 Å². The van der Waals surface area contributed by atoms with Crippen molar-refractivity contribution in [3.05, 3.63) is 0 Å². The summed E-state index contributed by atoms with van der Waals surface area (Å²) in [7, 11) is 0. The van der Waals surface area contributed by atoms with Crippen LogP contribution in [0.4, 0.5) is 4.79 Å². The highest BCUT2D eigenvalue weighted by molar-refractivity contribution is 5.81. The van der Waals surface area contributed by atoms with Crippen molar-refractivity contribution < 1.29 is 9.59 Å². The van der Waals surface area contributed by atoms with Gasteiger partial charge >= 0.3 is 6.03 Å². The van der Waals surface area contributed by atoms with Crippen LogP contribution in [0.3, 0.4) is 0 Å². The van der Waals surface area contributed by atoms with Gasteiger partial charge in [-0.2, -0.15) is 0 Å². The minimum atomic E-state index is -0.0226. The lowest BCUT2D eigenvalue weighted by molar-refractivity contribution is -0.127. The van der Waals surface area contributed by atoms with Gasteiger partial charge in [0.1, 0.15) is 0 Å². The highest BCUT2D eigenvalue weighted by atomic mass is 16.2. The molecule has 1 unspecified atom stereocenters. The van der Waals surface area contributed by atoms with E-state index in [1.54, 1.807) is 0 Å². The molecule has 3 amide bonds. The molecule has 2 aliphatic carbocycles. The second-order valence-electron chi connectivity index (χ2n) is 6.85. The standard InChI is InChI=1S/C16H27N3O2/c20-15(17-13-6-2-1-3-7-13)12-5-4-10-19(11-12)16(21)18-14-8-9-14/h12-14H,1-11H2,(H,17,20)(H,18,21). The van der Waals surface area contributed by atoms with E-state index in [-0.39, 0.29) is 17.9 Å².